The Bertz CT molecular complexity index is 656. The molecule has 0 spiro atoms. The number of amides is 3. The molecule has 6 atom stereocenters. The van der Waals surface area contributed by atoms with Crippen molar-refractivity contribution in [3.63, 3.8) is 0 Å². The third-order valence-corrected chi connectivity index (χ3v) is 4.65. The maximum atomic E-state index is 12.7. The number of aliphatic hydroxyl groups excluding tert-OH is 2. The van der Waals surface area contributed by atoms with Crippen LogP contribution in [0.15, 0.2) is 0 Å². The number of carbonyl (C=O) groups excluding carboxylic acids is 3. The van der Waals surface area contributed by atoms with E-state index in [9.17, 15) is 29.1 Å². The zero-order valence-corrected chi connectivity index (χ0v) is 17.7. The van der Waals surface area contributed by atoms with Crippen LogP contribution < -0.4 is 21.7 Å². The molecule has 0 saturated heterocycles. The molecule has 3 amide bonds. The van der Waals surface area contributed by atoms with Crippen LogP contribution in [0, 0.1) is 5.92 Å². The summed E-state index contributed by atoms with van der Waals surface area (Å²) in [7, 11) is 0. The van der Waals surface area contributed by atoms with Gasteiger partial charge in [0.1, 0.15) is 24.2 Å². The number of aliphatic hydroxyl groups is 2. The van der Waals surface area contributed by atoms with Gasteiger partial charge in [-0.3, -0.25) is 19.2 Å². The van der Waals surface area contributed by atoms with Crippen LogP contribution in [0.1, 0.15) is 40.0 Å². The summed E-state index contributed by atoms with van der Waals surface area (Å²) in [4.78, 5) is 59.1. The monoisotopic (exact) mass is 448 g/mol. The highest BCUT2D eigenvalue weighted by atomic mass is 16.4. The highest BCUT2D eigenvalue weighted by molar-refractivity contribution is 5.94. The lowest BCUT2D eigenvalue weighted by Gasteiger charge is -2.28. The van der Waals surface area contributed by atoms with Crippen LogP contribution in [0.25, 0.3) is 0 Å². The second-order valence-corrected chi connectivity index (χ2v) is 7.22. The zero-order valence-electron chi connectivity index (χ0n) is 17.7. The summed E-state index contributed by atoms with van der Waals surface area (Å²) >= 11 is 0. The topological polar surface area (TPSA) is 228 Å². The van der Waals surface area contributed by atoms with Gasteiger partial charge in [0, 0.05) is 6.42 Å². The summed E-state index contributed by atoms with van der Waals surface area (Å²) in [5.41, 5.74) is 5.44. The van der Waals surface area contributed by atoms with Crippen molar-refractivity contribution < 1.29 is 44.4 Å². The minimum Gasteiger partial charge on any atom is -0.481 e. The van der Waals surface area contributed by atoms with E-state index in [1.54, 1.807) is 13.8 Å². The minimum atomic E-state index is -1.57. The summed E-state index contributed by atoms with van der Waals surface area (Å²) < 4.78 is 0. The van der Waals surface area contributed by atoms with E-state index in [4.69, 9.17) is 21.1 Å². The van der Waals surface area contributed by atoms with E-state index in [1.807, 2.05) is 0 Å². The maximum absolute atomic E-state index is 12.7. The number of nitrogens with one attached hydrogen (secondary N) is 3. The highest BCUT2D eigenvalue weighted by Crippen LogP contribution is 2.10. The number of hydrogen-bond donors (Lipinski definition) is 8. The van der Waals surface area contributed by atoms with Gasteiger partial charge in [-0.25, -0.2) is 4.79 Å². The number of carboxylic acid groups (broad SMARTS) is 2. The van der Waals surface area contributed by atoms with Gasteiger partial charge in [-0.2, -0.15) is 0 Å². The van der Waals surface area contributed by atoms with E-state index in [0.29, 0.717) is 6.42 Å². The molecule has 0 heterocycles. The molecular weight excluding hydrogens is 416 g/mol. The second-order valence-electron chi connectivity index (χ2n) is 7.22. The van der Waals surface area contributed by atoms with Crippen LogP contribution in [0.3, 0.4) is 0 Å². The number of carboxylic acids is 2. The molecule has 9 N–H and O–H groups in total. The van der Waals surface area contributed by atoms with Crippen LogP contribution in [0.4, 0.5) is 0 Å². The Labute approximate surface area is 179 Å². The van der Waals surface area contributed by atoms with Crippen LogP contribution >= 0.6 is 0 Å². The molecule has 0 aliphatic rings. The number of carbonyl (C=O) groups is 5. The molecule has 0 aromatic heterocycles. The molecule has 0 rings (SSSR count). The van der Waals surface area contributed by atoms with Crippen molar-refractivity contribution in [3.05, 3.63) is 0 Å². The summed E-state index contributed by atoms with van der Waals surface area (Å²) in [5, 5.41) is 43.5. The van der Waals surface area contributed by atoms with Crippen LogP contribution in [0.2, 0.25) is 0 Å². The predicted molar refractivity (Wildman–Crippen MR) is 106 cm³/mol. The fraction of sp³-hybridized carbons (Fsp3) is 0.722. The lowest BCUT2D eigenvalue weighted by atomic mass is 9.97. The number of nitrogens with two attached hydrogens (primary N) is 1. The lowest BCUT2D eigenvalue weighted by Crippen LogP contribution is -2.61. The Hall–Kier alpha value is -2.77. The van der Waals surface area contributed by atoms with E-state index in [0.717, 1.165) is 0 Å². The van der Waals surface area contributed by atoms with Gasteiger partial charge in [-0.15, -0.1) is 0 Å². The van der Waals surface area contributed by atoms with Crippen molar-refractivity contribution in [3.8, 4) is 0 Å². The summed E-state index contributed by atoms with van der Waals surface area (Å²) in [5.74, 6) is -5.80. The van der Waals surface area contributed by atoms with E-state index in [-0.39, 0.29) is 0 Å². The van der Waals surface area contributed by atoms with Gasteiger partial charge in [0.05, 0.1) is 12.7 Å². The Morgan fingerprint density at radius 2 is 1.42 bits per heavy atom. The average Bonchev–Trinajstić information content (AvgIpc) is 2.70. The van der Waals surface area contributed by atoms with E-state index >= 15 is 0 Å². The van der Waals surface area contributed by atoms with Crippen molar-refractivity contribution in [2.75, 3.05) is 6.61 Å². The highest BCUT2D eigenvalue weighted by Gasteiger charge is 2.34. The number of aliphatic carboxylic acids is 2. The summed E-state index contributed by atoms with van der Waals surface area (Å²) in [6.07, 6.45) is -1.91. The molecule has 0 aromatic carbocycles. The predicted octanol–water partition coefficient (Wildman–Crippen LogP) is -2.86. The smallest absolute Gasteiger partial charge is 0.326 e. The van der Waals surface area contributed by atoms with E-state index < -0.39 is 85.3 Å². The molecule has 0 fully saturated rings. The molecule has 13 nitrogen and oxygen atoms in total. The summed E-state index contributed by atoms with van der Waals surface area (Å²) in [6, 6.07) is -5.53. The first-order valence-corrected chi connectivity index (χ1v) is 9.75. The SMILES string of the molecule is CCC(C)C(NC(=O)C(N)CO)C(=O)NC(C(=O)NC(CCC(=O)O)C(=O)O)C(C)O. The second kappa shape index (κ2) is 13.5. The molecule has 6 unspecified atom stereocenters. The van der Waals surface area contributed by atoms with Crippen LogP contribution in [-0.2, 0) is 24.0 Å². The number of rotatable bonds is 14. The van der Waals surface area contributed by atoms with Crippen molar-refractivity contribution in [2.45, 2.75) is 70.3 Å². The van der Waals surface area contributed by atoms with Crippen molar-refractivity contribution in [2.24, 2.45) is 11.7 Å². The third kappa shape index (κ3) is 9.72. The first-order chi connectivity index (χ1) is 14.3. The van der Waals surface area contributed by atoms with Gasteiger partial charge in [0.15, 0.2) is 0 Å². The Morgan fingerprint density at radius 3 is 1.84 bits per heavy atom. The lowest BCUT2D eigenvalue weighted by molar-refractivity contribution is -0.144. The van der Waals surface area contributed by atoms with Gasteiger partial charge in [0.25, 0.3) is 0 Å². The minimum absolute atomic E-state index is 0.401. The molecule has 0 aliphatic heterocycles. The zero-order chi connectivity index (χ0) is 24.3. The Morgan fingerprint density at radius 1 is 0.903 bits per heavy atom. The van der Waals surface area contributed by atoms with Gasteiger partial charge in [0.2, 0.25) is 17.7 Å². The fourth-order valence-electron chi connectivity index (χ4n) is 2.48. The molecular formula is C18H32N4O9. The van der Waals surface area contributed by atoms with Crippen molar-refractivity contribution in [1.29, 1.82) is 0 Å². The van der Waals surface area contributed by atoms with Crippen molar-refractivity contribution >= 4 is 29.7 Å². The summed E-state index contributed by atoms with van der Waals surface area (Å²) in [6.45, 7) is 3.95. The maximum Gasteiger partial charge on any atom is 0.326 e. The van der Waals surface area contributed by atoms with Gasteiger partial charge in [-0.1, -0.05) is 20.3 Å². The quantitative estimate of drug-likeness (QED) is 0.135. The van der Waals surface area contributed by atoms with Crippen LogP contribution in [0.5, 0.6) is 0 Å². The van der Waals surface area contributed by atoms with Gasteiger partial charge >= 0.3 is 11.9 Å². The average molecular weight is 448 g/mol. The van der Waals surface area contributed by atoms with E-state index in [1.165, 1.54) is 6.92 Å². The molecule has 0 radical (unpaired) electrons. The van der Waals surface area contributed by atoms with Gasteiger partial charge in [-0.05, 0) is 19.3 Å². The number of hydrogen-bond acceptors (Lipinski definition) is 8. The molecule has 0 bridgehead atoms. The van der Waals surface area contributed by atoms with E-state index in [2.05, 4.69) is 16.0 Å². The first-order valence-electron chi connectivity index (χ1n) is 9.75. The van der Waals surface area contributed by atoms with Crippen molar-refractivity contribution in [1.82, 2.24) is 16.0 Å². The third-order valence-electron chi connectivity index (χ3n) is 4.65. The standard InChI is InChI=1S/C18H32N4O9/c1-4-8(2)13(21-15(27)10(19)7-23)16(28)22-14(9(3)24)17(29)20-11(18(30)31)5-6-12(25)26/h8-11,13-14,23-24H,4-7,19H2,1-3H3,(H,20,29)(H,21,27)(H,22,28)(H,25,26)(H,30,31). The largest absolute Gasteiger partial charge is 0.481 e. The Balaban J connectivity index is 5.43. The fourth-order valence-corrected chi connectivity index (χ4v) is 2.48. The Kier molecular flexibility index (Phi) is 12.3. The van der Waals surface area contributed by atoms with Crippen LogP contribution in [-0.4, -0.2) is 87.0 Å². The van der Waals surface area contributed by atoms with Gasteiger partial charge < -0.3 is 42.1 Å². The normalized spacial score (nSPS) is 16.7. The molecule has 0 saturated carbocycles. The first kappa shape index (κ1) is 28.2. The molecule has 178 valence electrons. The molecule has 31 heavy (non-hydrogen) atoms. The molecule has 13 heteroatoms. The molecule has 0 aliphatic carbocycles. The molecule has 0 aromatic rings.